The number of nitrogens with one attached hydrogen (secondary N) is 1. The molecule has 0 bridgehead atoms. The number of aromatic nitrogens is 1. The lowest BCUT2D eigenvalue weighted by atomic mass is 10.0. The number of hydrogen-bond donors (Lipinski definition) is 1. The Morgan fingerprint density at radius 3 is 2.37 bits per heavy atom. The van der Waals surface area contributed by atoms with Crippen LogP contribution in [0.4, 0.5) is 5.69 Å². The van der Waals surface area contributed by atoms with Crippen molar-refractivity contribution in [3.05, 3.63) is 40.5 Å². The molecule has 0 fully saturated rings. The first-order valence-corrected chi connectivity index (χ1v) is 8.30. The van der Waals surface area contributed by atoms with E-state index in [9.17, 15) is 8.42 Å². The fourth-order valence-corrected chi connectivity index (χ4v) is 3.86. The Morgan fingerprint density at radius 2 is 1.89 bits per heavy atom. The topological polar surface area (TPSA) is 59.1 Å². The number of nitrogens with zero attached hydrogens (tertiary/aromatic N) is 1. The minimum absolute atomic E-state index is 0.102. The van der Waals surface area contributed by atoms with Crippen LogP contribution in [0.2, 0.25) is 4.47 Å². The van der Waals surface area contributed by atoms with E-state index in [1.807, 2.05) is 12.1 Å². The smallest absolute Gasteiger partial charge is 0.273 e. The molecular weight excluding hydrogens is 304 g/mol. The highest BCUT2D eigenvalue weighted by molar-refractivity contribution is 7.94. The summed E-state index contributed by atoms with van der Waals surface area (Å²) in [6.45, 7) is 4.16. The van der Waals surface area contributed by atoms with E-state index in [4.69, 9.17) is 11.6 Å². The van der Waals surface area contributed by atoms with Crippen LogP contribution in [-0.4, -0.2) is 13.4 Å². The standard InChI is InChI=1S/C12H13ClN2O2S2/c1-8(2)9-3-5-10(6-4-9)15-19(16,17)11-7-14-12(13)18-11/h3-8,15H,1-2H3. The zero-order chi connectivity index (χ0) is 14.0. The molecule has 0 aliphatic carbocycles. The van der Waals surface area contributed by atoms with E-state index in [2.05, 4.69) is 23.6 Å². The maximum atomic E-state index is 12.0. The van der Waals surface area contributed by atoms with Gasteiger partial charge in [-0.15, -0.1) is 0 Å². The van der Waals surface area contributed by atoms with Crippen LogP contribution in [0.5, 0.6) is 0 Å². The molecule has 19 heavy (non-hydrogen) atoms. The molecule has 2 rings (SSSR count). The molecule has 7 heteroatoms. The van der Waals surface area contributed by atoms with Crippen LogP contribution < -0.4 is 4.72 Å². The minimum Gasteiger partial charge on any atom is -0.279 e. The van der Waals surface area contributed by atoms with Gasteiger partial charge in [0.2, 0.25) is 0 Å². The van der Waals surface area contributed by atoms with E-state index in [0.29, 0.717) is 11.6 Å². The first-order chi connectivity index (χ1) is 8.88. The van der Waals surface area contributed by atoms with Crippen molar-refractivity contribution in [3.63, 3.8) is 0 Å². The summed E-state index contributed by atoms with van der Waals surface area (Å²) in [6.07, 6.45) is 1.25. The number of benzene rings is 1. The summed E-state index contributed by atoms with van der Waals surface area (Å²) in [5.74, 6) is 0.408. The lowest BCUT2D eigenvalue weighted by Crippen LogP contribution is -2.11. The highest BCUT2D eigenvalue weighted by Gasteiger charge is 2.17. The number of halogens is 1. The van der Waals surface area contributed by atoms with Gasteiger partial charge in [0.1, 0.15) is 0 Å². The first kappa shape index (κ1) is 14.3. The molecule has 0 unspecified atom stereocenters. The molecular formula is C12H13ClN2O2S2. The Bertz CT molecular complexity index is 663. The Kier molecular flexibility index (Phi) is 4.13. The highest BCUT2D eigenvalue weighted by atomic mass is 35.5. The summed E-state index contributed by atoms with van der Waals surface area (Å²) in [5, 5.41) is 0. The van der Waals surface area contributed by atoms with Gasteiger partial charge in [-0.1, -0.05) is 48.9 Å². The van der Waals surface area contributed by atoms with Gasteiger partial charge >= 0.3 is 0 Å². The van der Waals surface area contributed by atoms with Crippen molar-refractivity contribution in [2.75, 3.05) is 4.72 Å². The van der Waals surface area contributed by atoms with Gasteiger partial charge in [0.25, 0.3) is 10.0 Å². The van der Waals surface area contributed by atoms with Crippen molar-refractivity contribution in [2.45, 2.75) is 24.0 Å². The number of thiazole rings is 1. The predicted molar refractivity (Wildman–Crippen MR) is 78.5 cm³/mol. The Balaban J connectivity index is 2.21. The molecule has 1 heterocycles. The average molecular weight is 317 g/mol. The van der Waals surface area contributed by atoms with Crippen LogP contribution in [0, 0.1) is 0 Å². The molecule has 0 saturated heterocycles. The largest absolute Gasteiger partial charge is 0.279 e. The van der Waals surface area contributed by atoms with Gasteiger partial charge in [-0.3, -0.25) is 4.72 Å². The SMILES string of the molecule is CC(C)c1ccc(NS(=O)(=O)c2cnc(Cl)s2)cc1. The van der Waals surface area contributed by atoms with Crippen LogP contribution >= 0.6 is 22.9 Å². The van der Waals surface area contributed by atoms with Crippen LogP contribution in [0.25, 0.3) is 0 Å². The third kappa shape index (κ3) is 3.46. The van der Waals surface area contributed by atoms with Gasteiger partial charge in [-0.25, -0.2) is 13.4 Å². The van der Waals surface area contributed by atoms with Gasteiger partial charge in [-0.2, -0.15) is 0 Å². The lowest BCUT2D eigenvalue weighted by molar-refractivity contribution is 0.603. The van der Waals surface area contributed by atoms with Crippen molar-refractivity contribution >= 4 is 38.6 Å². The normalized spacial score (nSPS) is 11.8. The first-order valence-electron chi connectivity index (χ1n) is 5.62. The third-order valence-electron chi connectivity index (χ3n) is 2.55. The van der Waals surface area contributed by atoms with Crippen molar-refractivity contribution in [3.8, 4) is 0 Å². The number of rotatable bonds is 4. The molecule has 4 nitrogen and oxygen atoms in total. The quantitative estimate of drug-likeness (QED) is 0.935. The van der Waals surface area contributed by atoms with Crippen molar-refractivity contribution in [1.82, 2.24) is 4.98 Å². The van der Waals surface area contributed by atoms with Crippen LogP contribution in [0.1, 0.15) is 25.3 Å². The second kappa shape index (κ2) is 5.48. The van der Waals surface area contributed by atoms with Gasteiger partial charge in [0, 0.05) is 5.69 Å². The zero-order valence-electron chi connectivity index (χ0n) is 10.4. The number of sulfonamides is 1. The molecule has 1 N–H and O–H groups in total. The van der Waals surface area contributed by atoms with Crippen molar-refractivity contribution < 1.29 is 8.42 Å². The molecule has 1 aromatic heterocycles. The van der Waals surface area contributed by atoms with E-state index in [-0.39, 0.29) is 8.68 Å². The molecule has 0 atom stereocenters. The lowest BCUT2D eigenvalue weighted by Gasteiger charge is -2.08. The molecule has 102 valence electrons. The molecule has 0 radical (unpaired) electrons. The highest BCUT2D eigenvalue weighted by Crippen LogP contribution is 2.25. The average Bonchev–Trinajstić information content (AvgIpc) is 2.77. The maximum absolute atomic E-state index is 12.0. The Morgan fingerprint density at radius 1 is 1.26 bits per heavy atom. The van der Waals surface area contributed by atoms with Gasteiger partial charge < -0.3 is 0 Å². The number of hydrogen-bond acceptors (Lipinski definition) is 4. The van der Waals surface area contributed by atoms with Gasteiger partial charge in [0.05, 0.1) is 6.20 Å². The fraction of sp³-hybridized carbons (Fsp3) is 0.250. The van der Waals surface area contributed by atoms with Gasteiger partial charge in [-0.05, 0) is 23.6 Å². The molecule has 1 aromatic carbocycles. The maximum Gasteiger partial charge on any atom is 0.273 e. The molecule has 0 aliphatic rings. The Hall–Kier alpha value is -1.11. The summed E-state index contributed by atoms with van der Waals surface area (Å²) in [5.41, 5.74) is 1.68. The van der Waals surface area contributed by atoms with E-state index in [1.54, 1.807) is 12.1 Å². The summed E-state index contributed by atoms with van der Waals surface area (Å²) in [4.78, 5) is 3.73. The molecule has 0 aliphatic heterocycles. The molecule has 0 spiro atoms. The summed E-state index contributed by atoms with van der Waals surface area (Å²) in [6, 6.07) is 7.30. The molecule has 2 aromatic rings. The summed E-state index contributed by atoms with van der Waals surface area (Å²) < 4.78 is 26.9. The summed E-state index contributed by atoms with van der Waals surface area (Å²) in [7, 11) is -3.60. The van der Waals surface area contributed by atoms with E-state index >= 15 is 0 Å². The second-order valence-electron chi connectivity index (χ2n) is 4.31. The van der Waals surface area contributed by atoms with E-state index < -0.39 is 10.0 Å². The number of anilines is 1. The molecule has 0 amide bonds. The van der Waals surface area contributed by atoms with Crippen LogP contribution in [0.15, 0.2) is 34.7 Å². The van der Waals surface area contributed by atoms with Crippen LogP contribution in [0.3, 0.4) is 0 Å². The molecule has 0 saturated carbocycles. The second-order valence-corrected chi connectivity index (χ2v) is 7.84. The zero-order valence-corrected chi connectivity index (χ0v) is 12.8. The summed E-state index contributed by atoms with van der Waals surface area (Å²) >= 11 is 6.57. The predicted octanol–water partition coefficient (Wildman–Crippen LogP) is 3.72. The Labute approximate surface area is 121 Å². The van der Waals surface area contributed by atoms with Crippen LogP contribution in [-0.2, 0) is 10.0 Å². The minimum atomic E-state index is -3.60. The van der Waals surface area contributed by atoms with Crippen molar-refractivity contribution in [1.29, 1.82) is 0 Å². The van der Waals surface area contributed by atoms with Gasteiger partial charge in [0.15, 0.2) is 8.68 Å². The van der Waals surface area contributed by atoms with E-state index in [0.717, 1.165) is 16.9 Å². The third-order valence-corrected chi connectivity index (χ3v) is 5.51. The monoisotopic (exact) mass is 316 g/mol. The fourth-order valence-electron chi connectivity index (χ4n) is 1.50. The van der Waals surface area contributed by atoms with E-state index in [1.165, 1.54) is 6.20 Å². The van der Waals surface area contributed by atoms with Crippen molar-refractivity contribution in [2.24, 2.45) is 0 Å².